The van der Waals surface area contributed by atoms with E-state index in [1.165, 1.54) is 0 Å². The van der Waals surface area contributed by atoms with E-state index in [-0.39, 0.29) is 17.2 Å². The van der Waals surface area contributed by atoms with Crippen LogP contribution in [-0.2, 0) is 4.79 Å². The van der Waals surface area contributed by atoms with Crippen molar-refractivity contribution in [3.63, 3.8) is 0 Å². The van der Waals surface area contributed by atoms with Gasteiger partial charge in [-0.1, -0.05) is 24.3 Å². The van der Waals surface area contributed by atoms with E-state index < -0.39 is 0 Å². The number of likely N-dealkylation sites (tertiary alicyclic amines) is 1. The Morgan fingerprint density at radius 3 is 2.57 bits per heavy atom. The maximum Gasteiger partial charge on any atom is 0.255 e. The van der Waals surface area contributed by atoms with Crippen LogP contribution in [0, 0.1) is 5.41 Å². The predicted molar refractivity (Wildman–Crippen MR) is 109 cm³/mol. The number of nitrogens with zero attached hydrogens (tertiary/aromatic N) is 1. The quantitative estimate of drug-likeness (QED) is 0.728. The van der Waals surface area contributed by atoms with Crippen LogP contribution < -0.4 is 15.4 Å². The molecule has 1 spiro atoms. The molecule has 3 rings (SSSR count). The Kier molecular flexibility index (Phi) is 6.73. The fourth-order valence-electron chi connectivity index (χ4n) is 3.92. The largest absolute Gasteiger partial charge is 0.491 e. The molecular weight excluding hydrogens is 354 g/mol. The number of fused-ring (bicyclic) bond motifs is 1. The van der Waals surface area contributed by atoms with Gasteiger partial charge in [0.15, 0.2) is 0 Å². The lowest BCUT2D eigenvalue weighted by atomic mass is 9.74. The monoisotopic (exact) mass is 385 g/mol. The van der Waals surface area contributed by atoms with E-state index in [1.807, 2.05) is 24.3 Å². The van der Waals surface area contributed by atoms with Crippen LogP contribution in [0.2, 0.25) is 0 Å². The van der Waals surface area contributed by atoms with Crippen LogP contribution in [0.15, 0.2) is 36.4 Å². The van der Waals surface area contributed by atoms with Crippen LogP contribution in [0.5, 0.6) is 5.75 Å². The highest BCUT2D eigenvalue weighted by atomic mass is 16.5. The first-order chi connectivity index (χ1) is 13.5. The van der Waals surface area contributed by atoms with Crippen LogP contribution in [-0.4, -0.2) is 55.5 Å². The molecule has 1 aromatic carbocycles. The third kappa shape index (κ3) is 4.73. The summed E-state index contributed by atoms with van der Waals surface area (Å²) in [5.74, 6) is 0.495. The lowest BCUT2D eigenvalue weighted by Crippen LogP contribution is -2.50. The van der Waals surface area contributed by atoms with E-state index in [4.69, 9.17) is 4.74 Å². The second-order valence-corrected chi connectivity index (χ2v) is 7.90. The summed E-state index contributed by atoms with van der Waals surface area (Å²) in [5.41, 5.74) is 0.130. The molecule has 2 amide bonds. The number of hydrogen-bond acceptors (Lipinski definition) is 4. The molecule has 1 fully saturated rings. The topological polar surface area (TPSA) is 70.7 Å². The summed E-state index contributed by atoms with van der Waals surface area (Å²) in [5, 5.41) is 5.97. The van der Waals surface area contributed by atoms with Gasteiger partial charge in [-0.2, -0.15) is 0 Å². The Balaban J connectivity index is 1.73. The van der Waals surface area contributed by atoms with Gasteiger partial charge in [-0.25, -0.2) is 0 Å². The van der Waals surface area contributed by atoms with Gasteiger partial charge >= 0.3 is 0 Å². The van der Waals surface area contributed by atoms with Crippen molar-refractivity contribution in [1.82, 2.24) is 15.5 Å². The Hall–Kier alpha value is -2.34. The molecule has 1 saturated heterocycles. The van der Waals surface area contributed by atoms with Crippen molar-refractivity contribution in [2.45, 2.75) is 39.2 Å². The van der Waals surface area contributed by atoms with Gasteiger partial charge in [-0.3, -0.25) is 9.59 Å². The first-order valence-corrected chi connectivity index (χ1v) is 10.2. The number of amides is 2. The van der Waals surface area contributed by atoms with Gasteiger partial charge in [0.2, 0.25) is 5.91 Å². The summed E-state index contributed by atoms with van der Waals surface area (Å²) in [6.07, 6.45) is 6.36. The number of para-hydroxylation sites is 1. The molecule has 152 valence electrons. The molecule has 2 N–H and O–H groups in total. The molecule has 0 bridgehead atoms. The average molecular weight is 386 g/mol. The molecule has 2 aliphatic heterocycles. The first-order valence-electron chi connectivity index (χ1n) is 10.2. The molecule has 2 aliphatic rings. The second-order valence-electron chi connectivity index (χ2n) is 7.90. The smallest absolute Gasteiger partial charge is 0.255 e. The summed E-state index contributed by atoms with van der Waals surface area (Å²) < 4.78 is 5.77. The zero-order valence-corrected chi connectivity index (χ0v) is 16.9. The van der Waals surface area contributed by atoms with E-state index in [0.29, 0.717) is 43.5 Å². The maximum absolute atomic E-state index is 13.0. The van der Waals surface area contributed by atoms with Gasteiger partial charge in [0.05, 0.1) is 17.5 Å². The number of carbonyl (C=O) groups is 2. The highest BCUT2D eigenvalue weighted by Crippen LogP contribution is 2.36. The number of benzene rings is 1. The fraction of sp³-hybridized carbons (Fsp3) is 0.545. The van der Waals surface area contributed by atoms with Crippen molar-refractivity contribution >= 4 is 11.8 Å². The fourth-order valence-corrected chi connectivity index (χ4v) is 3.92. The molecule has 0 unspecified atom stereocenters. The standard InChI is InChI=1S/C22H31N3O3/c1-17(2)25-14-10-22(11-15-25)9-5-6-12-23-20(26)18-7-3-4-8-19(18)28-16-13-24-21(22)27/h3-8,17H,9-16H2,1-2H3,(H,23,26)(H,24,27)/b6-5+. The highest BCUT2D eigenvalue weighted by molar-refractivity contribution is 5.97. The Bertz CT molecular complexity index is 721. The first kappa shape index (κ1) is 20.4. The summed E-state index contributed by atoms with van der Waals surface area (Å²) in [6, 6.07) is 7.68. The molecular formula is C22H31N3O3. The zero-order chi connectivity index (χ0) is 20.0. The Morgan fingerprint density at radius 1 is 1.07 bits per heavy atom. The highest BCUT2D eigenvalue weighted by Gasteiger charge is 2.40. The van der Waals surface area contributed by atoms with Gasteiger partial charge in [-0.15, -0.1) is 0 Å². The number of hydrogen-bond donors (Lipinski definition) is 2. The summed E-state index contributed by atoms with van der Waals surface area (Å²) in [7, 11) is 0. The molecule has 0 aromatic heterocycles. The van der Waals surface area contributed by atoms with Gasteiger partial charge in [0.1, 0.15) is 12.4 Å². The SMILES string of the molecule is CC(C)N1CCC2(C/C=C/CNC(=O)c3ccccc3OCCNC2=O)CC1. The van der Waals surface area contributed by atoms with E-state index in [1.54, 1.807) is 12.1 Å². The van der Waals surface area contributed by atoms with Crippen molar-refractivity contribution < 1.29 is 14.3 Å². The van der Waals surface area contributed by atoms with E-state index in [2.05, 4.69) is 29.4 Å². The molecule has 6 nitrogen and oxygen atoms in total. The van der Waals surface area contributed by atoms with Crippen molar-refractivity contribution in [3.05, 3.63) is 42.0 Å². The van der Waals surface area contributed by atoms with Gasteiger partial charge in [0, 0.05) is 12.6 Å². The normalized spacial score (nSPS) is 22.5. The maximum atomic E-state index is 13.0. The number of nitrogens with one attached hydrogen (secondary N) is 2. The van der Waals surface area contributed by atoms with Crippen LogP contribution >= 0.6 is 0 Å². The van der Waals surface area contributed by atoms with Crippen LogP contribution in [0.1, 0.15) is 43.5 Å². The summed E-state index contributed by atoms with van der Waals surface area (Å²) in [4.78, 5) is 27.9. The Morgan fingerprint density at radius 2 is 1.82 bits per heavy atom. The molecule has 0 atom stereocenters. The number of ether oxygens (including phenoxy) is 1. The van der Waals surface area contributed by atoms with Crippen molar-refractivity contribution in [1.29, 1.82) is 0 Å². The van der Waals surface area contributed by atoms with E-state index in [9.17, 15) is 9.59 Å². The second kappa shape index (κ2) is 9.24. The predicted octanol–water partition coefficient (Wildman–Crippen LogP) is 2.36. The summed E-state index contributed by atoms with van der Waals surface area (Å²) >= 11 is 0. The van der Waals surface area contributed by atoms with Crippen LogP contribution in [0.25, 0.3) is 0 Å². The molecule has 0 aliphatic carbocycles. The van der Waals surface area contributed by atoms with Gasteiger partial charge in [-0.05, 0) is 58.3 Å². The third-order valence-corrected chi connectivity index (χ3v) is 5.80. The molecule has 28 heavy (non-hydrogen) atoms. The van der Waals surface area contributed by atoms with Crippen LogP contribution in [0.3, 0.4) is 0 Å². The minimum absolute atomic E-state index is 0.110. The summed E-state index contributed by atoms with van der Waals surface area (Å²) in [6.45, 7) is 7.45. The van der Waals surface area contributed by atoms with Crippen molar-refractivity contribution in [3.8, 4) is 5.75 Å². The van der Waals surface area contributed by atoms with Gasteiger partial charge in [0.25, 0.3) is 5.91 Å². The average Bonchev–Trinajstić information content (AvgIpc) is 2.70. The van der Waals surface area contributed by atoms with E-state index >= 15 is 0 Å². The zero-order valence-electron chi connectivity index (χ0n) is 16.9. The number of piperidine rings is 1. The molecule has 0 saturated carbocycles. The van der Waals surface area contributed by atoms with Gasteiger partial charge < -0.3 is 20.3 Å². The number of rotatable bonds is 1. The number of carbonyl (C=O) groups excluding carboxylic acids is 2. The lowest BCUT2D eigenvalue weighted by molar-refractivity contribution is -0.134. The number of allylic oxidation sites excluding steroid dienone is 1. The third-order valence-electron chi connectivity index (χ3n) is 5.80. The van der Waals surface area contributed by atoms with Crippen molar-refractivity contribution in [2.24, 2.45) is 5.41 Å². The van der Waals surface area contributed by atoms with Crippen LogP contribution in [0.4, 0.5) is 0 Å². The lowest BCUT2D eigenvalue weighted by Gasteiger charge is -2.41. The molecule has 1 aromatic rings. The van der Waals surface area contributed by atoms with E-state index in [0.717, 1.165) is 25.9 Å². The minimum Gasteiger partial charge on any atom is -0.491 e. The molecule has 0 radical (unpaired) electrons. The van der Waals surface area contributed by atoms with Crippen molar-refractivity contribution in [2.75, 3.05) is 32.8 Å². The minimum atomic E-state index is -0.381. The molecule has 2 heterocycles. The Labute approximate surface area is 167 Å². The molecule has 6 heteroatoms.